The molecule has 106 valence electrons. The summed E-state index contributed by atoms with van der Waals surface area (Å²) in [6.07, 6.45) is 0. The maximum Gasteiger partial charge on any atom is 0.311 e. The Morgan fingerprint density at radius 2 is 1.95 bits per heavy atom. The topological polar surface area (TPSA) is 49.8 Å². The molecule has 0 fully saturated rings. The minimum Gasteiger partial charge on any atom is -0.496 e. The number of nitrogens with zero attached hydrogens (tertiary/aromatic N) is 1. The van der Waals surface area contributed by atoms with Gasteiger partial charge in [-0.2, -0.15) is 0 Å². The highest BCUT2D eigenvalue weighted by molar-refractivity contribution is 5.75. The van der Waals surface area contributed by atoms with Crippen LogP contribution in [-0.4, -0.2) is 37.2 Å². The maximum absolute atomic E-state index is 11.6. The van der Waals surface area contributed by atoms with E-state index in [0.717, 1.165) is 16.9 Å². The minimum absolute atomic E-state index is 0.264. The van der Waals surface area contributed by atoms with Gasteiger partial charge in [-0.1, -0.05) is 17.7 Å². The molecule has 0 aromatic heterocycles. The highest BCUT2D eigenvalue weighted by atomic mass is 16.5. The summed E-state index contributed by atoms with van der Waals surface area (Å²) in [6.45, 7) is 5.47. The molecule has 1 atom stereocenters. The van der Waals surface area contributed by atoms with Crippen LogP contribution in [0.25, 0.3) is 0 Å². The van der Waals surface area contributed by atoms with Crippen molar-refractivity contribution >= 4 is 5.97 Å². The number of carboxylic acids is 1. The lowest BCUT2D eigenvalue weighted by Crippen LogP contribution is -2.39. The van der Waals surface area contributed by atoms with E-state index in [-0.39, 0.29) is 6.04 Å². The predicted octanol–water partition coefficient (Wildman–Crippen LogP) is 2.72. The lowest BCUT2D eigenvalue weighted by atomic mass is 9.79. The number of ether oxygens (including phenoxy) is 1. The van der Waals surface area contributed by atoms with E-state index in [4.69, 9.17) is 4.74 Å². The van der Waals surface area contributed by atoms with E-state index in [1.165, 1.54) is 0 Å². The maximum atomic E-state index is 11.6. The number of hydrogen-bond acceptors (Lipinski definition) is 3. The summed E-state index contributed by atoms with van der Waals surface area (Å²) in [5.74, 6) is -0.103. The summed E-state index contributed by atoms with van der Waals surface area (Å²) in [4.78, 5) is 13.5. The summed E-state index contributed by atoms with van der Waals surface area (Å²) in [7, 11) is 5.38. The minimum atomic E-state index is -0.912. The number of hydrogen-bond donors (Lipinski definition) is 1. The molecule has 1 rings (SSSR count). The molecule has 1 aromatic rings. The molecule has 0 saturated carbocycles. The Labute approximate surface area is 115 Å². The zero-order valence-electron chi connectivity index (χ0n) is 12.5. The van der Waals surface area contributed by atoms with Crippen LogP contribution in [0.2, 0.25) is 0 Å². The van der Waals surface area contributed by atoms with Crippen molar-refractivity contribution in [3.8, 4) is 5.75 Å². The summed E-state index contributed by atoms with van der Waals surface area (Å²) < 4.78 is 5.39. The Balaban J connectivity index is 3.43. The average molecular weight is 265 g/mol. The molecule has 0 aliphatic rings. The van der Waals surface area contributed by atoms with E-state index in [2.05, 4.69) is 0 Å². The third-order valence-electron chi connectivity index (χ3n) is 3.43. The molecule has 0 spiro atoms. The number of rotatable bonds is 5. The SMILES string of the molecule is COc1ccc(C)cc1C(N(C)C)C(C)(C)C(=O)O. The molecule has 0 saturated heterocycles. The van der Waals surface area contributed by atoms with Crippen LogP contribution in [0.15, 0.2) is 18.2 Å². The lowest BCUT2D eigenvalue weighted by Gasteiger charge is -2.36. The number of carbonyl (C=O) groups is 1. The van der Waals surface area contributed by atoms with Crippen molar-refractivity contribution in [2.24, 2.45) is 5.41 Å². The van der Waals surface area contributed by atoms with Crippen LogP contribution in [0.5, 0.6) is 5.75 Å². The third kappa shape index (κ3) is 3.07. The van der Waals surface area contributed by atoms with Crippen molar-refractivity contribution in [1.82, 2.24) is 4.90 Å². The molecule has 0 aliphatic heterocycles. The monoisotopic (exact) mass is 265 g/mol. The fourth-order valence-corrected chi connectivity index (χ4v) is 2.50. The van der Waals surface area contributed by atoms with Crippen LogP contribution in [0, 0.1) is 12.3 Å². The standard InChI is InChI=1S/C15H23NO3/c1-10-7-8-12(19-6)11(9-10)13(16(4)5)15(2,3)14(17)18/h7-9,13H,1-6H3,(H,17,18). The lowest BCUT2D eigenvalue weighted by molar-refractivity contribution is -0.150. The summed E-state index contributed by atoms with van der Waals surface area (Å²) in [5.41, 5.74) is 1.08. The number of aliphatic carboxylic acids is 1. The fourth-order valence-electron chi connectivity index (χ4n) is 2.50. The van der Waals surface area contributed by atoms with Gasteiger partial charge >= 0.3 is 5.97 Å². The largest absolute Gasteiger partial charge is 0.496 e. The van der Waals surface area contributed by atoms with Crippen molar-refractivity contribution in [2.75, 3.05) is 21.2 Å². The van der Waals surface area contributed by atoms with Crippen molar-refractivity contribution in [3.05, 3.63) is 29.3 Å². The van der Waals surface area contributed by atoms with E-state index in [1.54, 1.807) is 21.0 Å². The quantitative estimate of drug-likeness (QED) is 0.889. The van der Waals surface area contributed by atoms with Gasteiger partial charge in [0, 0.05) is 5.56 Å². The normalized spacial score (nSPS) is 13.4. The molecule has 0 amide bonds. The molecule has 4 heteroatoms. The van der Waals surface area contributed by atoms with E-state index >= 15 is 0 Å². The van der Waals surface area contributed by atoms with Gasteiger partial charge in [-0.05, 0) is 40.9 Å². The molecule has 0 aliphatic carbocycles. The first-order chi connectivity index (χ1) is 8.71. The molecule has 1 unspecified atom stereocenters. The second-order valence-corrected chi connectivity index (χ2v) is 5.64. The van der Waals surface area contributed by atoms with Gasteiger partial charge < -0.3 is 14.7 Å². The highest BCUT2D eigenvalue weighted by Gasteiger charge is 2.40. The van der Waals surface area contributed by atoms with Gasteiger partial charge in [-0.25, -0.2) is 0 Å². The Bertz CT molecular complexity index is 466. The van der Waals surface area contributed by atoms with Crippen molar-refractivity contribution in [2.45, 2.75) is 26.8 Å². The molecule has 1 N–H and O–H groups in total. The number of carboxylic acid groups (broad SMARTS) is 1. The first-order valence-corrected chi connectivity index (χ1v) is 6.26. The van der Waals surface area contributed by atoms with Gasteiger partial charge in [-0.3, -0.25) is 4.79 Å². The Morgan fingerprint density at radius 1 is 1.37 bits per heavy atom. The van der Waals surface area contributed by atoms with Gasteiger partial charge in [0.25, 0.3) is 0 Å². The number of methoxy groups -OCH3 is 1. The molecule has 1 aromatic carbocycles. The van der Waals surface area contributed by atoms with E-state index in [0.29, 0.717) is 0 Å². The van der Waals surface area contributed by atoms with E-state index in [1.807, 2.05) is 44.1 Å². The van der Waals surface area contributed by atoms with Crippen molar-refractivity contribution in [1.29, 1.82) is 0 Å². The molecule has 4 nitrogen and oxygen atoms in total. The predicted molar refractivity (Wildman–Crippen MR) is 75.6 cm³/mol. The van der Waals surface area contributed by atoms with E-state index < -0.39 is 11.4 Å². The second-order valence-electron chi connectivity index (χ2n) is 5.64. The van der Waals surface area contributed by atoms with Crippen molar-refractivity contribution in [3.63, 3.8) is 0 Å². The smallest absolute Gasteiger partial charge is 0.311 e. The van der Waals surface area contributed by atoms with Gasteiger partial charge in [0.2, 0.25) is 0 Å². The van der Waals surface area contributed by atoms with Crippen LogP contribution < -0.4 is 4.74 Å². The fraction of sp³-hybridized carbons (Fsp3) is 0.533. The Morgan fingerprint density at radius 3 is 2.37 bits per heavy atom. The van der Waals surface area contributed by atoms with Crippen LogP contribution in [0.1, 0.15) is 31.0 Å². The second kappa shape index (κ2) is 5.61. The van der Waals surface area contributed by atoms with Crippen LogP contribution in [0.3, 0.4) is 0 Å². The van der Waals surface area contributed by atoms with Crippen LogP contribution >= 0.6 is 0 Å². The third-order valence-corrected chi connectivity index (χ3v) is 3.43. The van der Waals surface area contributed by atoms with Gasteiger partial charge in [0.1, 0.15) is 5.75 Å². The first-order valence-electron chi connectivity index (χ1n) is 6.26. The van der Waals surface area contributed by atoms with Gasteiger partial charge in [-0.15, -0.1) is 0 Å². The van der Waals surface area contributed by atoms with Gasteiger partial charge in [0.05, 0.1) is 18.6 Å². The summed E-state index contributed by atoms with van der Waals surface area (Å²) in [6, 6.07) is 5.58. The van der Waals surface area contributed by atoms with Gasteiger partial charge in [0.15, 0.2) is 0 Å². The molecule has 0 bridgehead atoms. The molecular formula is C15H23NO3. The highest BCUT2D eigenvalue weighted by Crippen LogP contribution is 2.41. The average Bonchev–Trinajstić information content (AvgIpc) is 2.28. The number of aryl methyl sites for hydroxylation is 1. The number of benzene rings is 1. The Hall–Kier alpha value is -1.55. The molecule has 19 heavy (non-hydrogen) atoms. The van der Waals surface area contributed by atoms with E-state index in [9.17, 15) is 9.90 Å². The van der Waals surface area contributed by atoms with Crippen LogP contribution in [-0.2, 0) is 4.79 Å². The molecular weight excluding hydrogens is 242 g/mol. The summed E-state index contributed by atoms with van der Waals surface area (Å²) in [5, 5.41) is 9.49. The molecule has 0 heterocycles. The first kappa shape index (κ1) is 15.5. The van der Waals surface area contributed by atoms with Crippen LogP contribution in [0.4, 0.5) is 0 Å². The zero-order chi connectivity index (χ0) is 14.8. The zero-order valence-corrected chi connectivity index (χ0v) is 12.5. The summed E-state index contributed by atoms with van der Waals surface area (Å²) >= 11 is 0. The Kier molecular flexibility index (Phi) is 4.58. The van der Waals surface area contributed by atoms with Crippen molar-refractivity contribution < 1.29 is 14.6 Å². The molecule has 0 radical (unpaired) electrons.